The van der Waals surface area contributed by atoms with Gasteiger partial charge in [-0.05, 0) is 6.07 Å². The molecule has 0 saturated heterocycles. The third-order valence-electron chi connectivity index (χ3n) is 1.98. The molecule has 5 nitrogen and oxygen atoms in total. The zero-order valence-corrected chi connectivity index (χ0v) is 7.06. The number of hydrogen-bond acceptors (Lipinski definition) is 3. The van der Waals surface area contributed by atoms with E-state index < -0.39 is 4.92 Å². The topological polar surface area (TPSA) is 76.0 Å². The number of aldehydes is 1. The lowest BCUT2D eigenvalue weighted by atomic mass is 10.2. The Balaban J connectivity index is 2.79. The third-order valence-corrected chi connectivity index (χ3v) is 1.98. The second kappa shape index (κ2) is 2.95. The monoisotopic (exact) mass is 190 g/mol. The van der Waals surface area contributed by atoms with Gasteiger partial charge in [-0.3, -0.25) is 14.9 Å². The Morgan fingerprint density at radius 2 is 2.21 bits per heavy atom. The van der Waals surface area contributed by atoms with Gasteiger partial charge in [-0.1, -0.05) is 12.1 Å². The Hall–Kier alpha value is -2.17. The molecule has 70 valence electrons. The van der Waals surface area contributed by atoms with Crippen LogP contribution in [-0.4, -0.2) is 16.2 Å². The summed E-state index contributed by atoms with van der Waals surface area (Å²) < 4.78 is 0. The fraction of sp³-hybridized carbons (Fsp3) is 0. The number of nitrogens with zero attached hydrogens (tertiary/aromatic N) is 1. The molecule has 1 N–H and O–H groups in total. The number of aromatic amines is 1. The minimum atomic E-state index is -0.479. The molecule has 1 heterocycles. The van der Waals surface area contributed by atoms with Crippen molar-refractivity contribution in [2.45, 2.75) is 0 Å². The number of nitrogens with one attached hydrogen (secondary N) is 1. The maximum absolute atomic E-state index is 10.6. The van der Waals surface area contributed by atoms with Crippen LogP contribution in [0.25, 0.3) is 10.9 Å². The van der Waals surface area contributed by atoms with Gasteiger partial charge in [0.1, 0.15) is 5.52 Å². The first-order chi connectivity index (χ1) is 6.72. The van der Waals surface area contributed by atoms with Crippen LogP contribution in [0.3, 0.4) is 0 Å². The van der Waals surface area contributed by atoms with E-state index in [9.17, 15) is 14.9 Å². The number of H-pyrrole nitrogens is 1. The van der Waals surface area contributed by atoms with Crippen molar-refractivity contribution in [3.05, 3.63) is 40.1 Å². The molecule has 0 aliphatic heterocycles. The van der Waals surface area contributed by atoms with Crippen LogP contribution >= 0.6 is 0 Å². The van der Waals surface area contributed by atoms with Gasteiger partial charge in [0.15, 0.2) is 6.29 Å². The average Bonchev–Trinajstić information content (AvgIpc) is 2.59. The van der Waals surface area contributed by atoms with E-state index >= 15 is 0 Å². The Labute approximate surface area is 78.5 Å². The number of fused-ring (bicyclic) bond motifs is 1. The van der Waals surface area contributed by atoms with Crippen molar-refractivity contribution < 1.29 is 9.72 Å². The summed E-state index contributed by atoms with van der Waals surface area (Å²) in [6.07, 6.45) is 0.629. The molecule has 14 heavy (non-hydrogen) atoms. The molecular formula is C9H6N2O3. The van der Waals surface area contributed by atoms with Crippen molar-refractivity contribution in [3.8, 4) is 0 Å². The van der Waals surface area contributed by atoms with E-state index in [-0.39, 0.29) is 5.69 Å². The van der Waals surface area contributed by atoms with E-state index in [1.807, 2.05) is 0 Å². The summed E-state index contributed by atoms with van der Waals surface area (Å²) in [4.78, 5) is 23.3. The van der Waals surface area contributed by atoms with Crippen molar-refractivity contribution in [1.29, 1.82) is 0 Å². The molecule has 5 heteroatoms. The number of aromatic nitrogens is 1. The highest BCUT2D eigenvalue weighted by atomic mass is 16.6. The first-order valence-corrected chi connectivity index (χ1v) is 3.93. The Kier molecular flexibility index (Phi) is 1.78. The van der Waals surface area contributed by atoms with Crippen molar-refractivity contribution in [2.24, 2.45) is 0 Å². The number of nitro benzene ring substituents is 1. The fourth-order valence-electron chi connectivity index (χ4n) is 1.38. The van der Waals surface area contributed by atoms with Gasteiger partial charge in [-0.15, -0.1) is 0 Å². The number of non-ortho nitro benzene ring substituents is 1. The third kappa shape index (κ3) is 1.15. The predicted molar refractivity (Wildman–Crippen MR) is 50.3 cm³/mol. The van der Waals surface area contributed by atoms with Gasteiger partial charge in [0.05, 0.1) is 10.6 Å². The van der Waals surface area contributed by atoms with E-state index in [1.54, 1.807) is 18.2 Å². The molecule has 0 unspecified atom stereocenters. The molecule has 0 spiro atoms. The van der Waals surface area contributed by atoms with Crippen LogP contribution in [-0.2, 0) is 0 Å². The maximum atomic E-state index is 10.6. The molecule has 0 amide bonds. The van der Waals surface area contributed by atoms with Crippen molar-refractivity contribution >= 4 is 22.9 Å². The molecule has 0 atom stereocenters. The molecule has 2 aromatic rings. The van der Waals surface area contributed by atoms with Gasteiger partial charge in [0, 0.05) is 11.5 Å². The van der Waals surface area contributed by atoms with E-state index in [0.29, 0.717) is 22.9 Å². The molecule has 0 fully saturated rings. The number of benzene rings is 1. The highest BCUT2D eigenvalue weighted by Gasteiger charge is 2.12. The largest absolute Gasteiger partial charge is 0.347 e. The van der Waals surface area contributed by atoms with E-state index in [0.717, 1.165) is 0 Å². The van der Waals surface area contributed by atoms with Crippen LogP contribution in [0.15, 0.2) is 24.3 Å². The molecule has 0 saturated carbocycles. The maximum Gasteiger partial charge on any atom is 0.293 e. The second-order valence-electron chi connectivity index (χ2n) is 2.84. The van der Waals surface area contributed by atoms with E-state index in [2.05, 4.69) is 4.98 Å². The zero-order valence-electron chi connectivity index (χ0n) is 7.06. The number of hydrogen-bond donors (Lipinski definition) is 1. The summed E-state index contributed by atoms with van der Waals surface area (Å²) in [6, 6.07) is 6.28. The Bertz CT molecular complexity index is 516. The molecule has 0 aliphatic carbocycles. The molecule has 0 aliphatic rings. The van der Waals surface area contributed by atoms with Gasteiger partial charge in [-0.25, -0.2) is 0 Å². The van der Waals surface area contributed by atoms with Gasteiger partial charge in [-0.2, -0.15) is 0 Å². The van der Waals surface area contributed by atoms with Gasteiger partial charge < -0.3 is 4.98 Å². The number of para-hydroxylation sites is 1. The first-order valence-electron chi connectivity index (χ1n) is 3.93. The highest BCUT2D eigenvalue weighted by molar-refractivity contribution is 5.93. The predicted octanol–water partition coefficient (Wildman–Crippen LogP) is 1.89. The SMILES string of the molecule is O=Cc1cc2cccc([N+](=O)[O-])c2[nH]1. The summed E-state index contributed by atoms with van der Waals surface area (Å²) in [5.74, 6) is 0. The average molecular weight is 190 g/mol. The number of carbonyl (C=O) groups excluding carboxylic acids is 1. The molecular weight excluding hydrogens is 184 g/mol. The Morgan fingerprint density at radius 1 is 1.43 bits per heavy atom. The smallest absolute Gasteiger partial charge is 0.293 e. The summed E-state index contributed by atoms with van der Waals surface area (Å²) in [5.41, 5.74) is 0.713. The molecule has 0 radical (unpaired) electrons. The minimum absolute atomic E-state index is 0.0180. The van der Waals surface area contributed by atoms with Crippen molar-refractivity contribution in [1.82, 2.24) is 4.98 Å². The lowest BCUT2D eigenvalue weighted by molar-refractivity contribution is -0.383. The van der Waals surface area contributed by atoms with E-state index in [1.165, 1.54) is 6.07 Å². The van der Waals surface area contributed by atoms with Crippen LogP contribution in [0.4, 0.5) is 5.69 Å². The van der Waals surface area contributed by atoms with Gasteiger partial charge >= 0.3 is 0 Å². The van der Waals surface area contributed by atoms with E-state index in [4.69, 9.17) is 0 Å². The summed E-state index contributed by atoms with van der Waals surface area (Å²) in [7, 11) is 0. The first kappa shape index (κ1) is 8.43. The van der Waals surface area contributed by atoms with Gasteiger partial charge in [0.25, 0.3) is 5.69 Å². The highest BCUT2D eigenvalue weighted by Crippen LogP contribution is 2.24. The quantitative estimate of drug-likeness (QED) is 0.446. The second-order valence-corrected chi connectivity index (χ2v) is 2.84. The summed E-state index contributed by atoms with van der Waals surface area (Å²) >= 11 is 0. The van der Waals surface area contributed by atoms with Crippen molar-refractivity contribution in [2.75, 3.05) is 0 Å². The van der Waals surface area contributed by atoms with Crippen LogP contribution in [0.5, 0.6) is 0 Å². The van der Waals surface area contributed by atoms with Crippen LogP contribution in [0.2, 0.25) is 0 Å². The minimum Gasteiger partial charge on any atom is -0.347 e. The zero-order chi connectivity index (χ0) is 10.1. The molecule has 1 aromatic heterocycles. The number of carbonyl (C=O) groups is 1. The molecule has 2 rings (SSSR count). The Morgan fingerprint density at radius 3 is 2.86 bits per heavy atom. The number of nitro groups is 1. The normalized spacial score (nSPS) is 10.3. The van der Waals surface area contributed by atoms with Crippen LogP contribution in [0, 0.1) is 10.1 Å². The van der Waals surface area contributed by atoms with Crippen LogP contribution in [0.1, 0.15) is 10.5 Å². The lowest BCUT2D eigenvalue weighted by Gasteiger charge is -1.91. The lowest BCUT2D eigenvalue weighted by Crippen LogP contribution is -1.88. The van der Waals surface area contributed by atoms with Crippen molar-refractivity contribution in [3.63, 3.8) is 0 Å². The fourth-order valence-corrected chi connectivity index (χ4v) is 1.38. The van der Waals surface area contributed by atoms with Gasteiger partial charge in [0.2, 0.25) is 0 Å². The standard InChI is InChI=1S/C9H6N2O3/c12-5-7-4-6-2-1-3-8(11(13)14)9(6)10-7/h1-5,10H. The number of rotatable bonds is 2. The summed E-state index contributed by atoms with van der Waals surface area (Å²) in [5, 5.41) is 11.3. The molecule has 1 aromatic carbocycles. The molecule has 0 bridgehead atoms. The summed E-state index contributed by atoms with van der Waals surface area (Å²) in [6.45, 7) is 0. The van der Waals surface area contributed by atoms with Crippen LogP contribution < -0.4 is 0 Å².